The maximum atomic E-state index is 11.8. The highest BCUT2D eigenvalue weighted by molar-refractivity contribution is 9.09. The highest BCUT2D eigenvalue weighted by Gasteiger charge is 2.53. The van der Waals surface area contributed by atoms with E-state index in [2.05, 4.69) is 15.9 Å². The lowest BCUT2D eigenvalue weighted by Crippen LogP contribution is -2.27. The molecule has 0 bridgehead atoms. The minimum absolute atomic E-state index is 0.226. The fraction of sp³-hybridized carbons (Fsp3) is 1.00. The van der Waals surface area contributed by atoms with Crippen molar-refractivity contribution < 1.29 is 8.42 Å². The van der Waals surface area contributed by atoms with Crippen molar-refractivity contribution in [2.45, 2.75) is 44.8 Å². The molecular formula is C12H21BrO2S. The average molecular weight is 309 g/mol. The van der Waals surface area contributed by atoms with Crippen molar-refractivity contribution in [3.63, 3.8) is 0 Å². The van der Waals surface area contributed by atoms with Crippen molar-refractivity contribution in [1.29, 1.82) is 0 Å². The molecule has 2 atom stereocenters. The zero-order chi connectivity index (χ0) is 12.0. The standard InChI is InChI=1S/C12H21BrO2S/c1-9(2)16(14,15)4-3-12(8-13)6-10-5-11(10)7-12/h9-11H,3-8H2,1-2H3. The molecule has 0 N–H and O–H groups in total. The van der Waals surface area contributed by atoms with Gasteiger partial charge in [-0.15, -0.1) is 0 Å². The monoisotopic (exact) mass is 308 g/mol. The first-order chi connectivity index (χ1) is 7.38. The smallest absolute Gasteiger partial charge is 0.152 e. The summed E-state index contributed by atoms with van der Waals surface area (Å²) in [6.07, 6.45) is 4.74. The molecule has 2 nitrogen and oxygen atoms in total. The van der Waals surface area contributed by atoms with Crippen LogP contribution in [0.15, 0.2) is 0 Å². The summed E-state index contributed by atoms with van der Waals surface area (Å²) in [5.74, 6) is 2.20. The van der Waals surface area contributed by atoms with Crippen molar-refractivity contribution in [2.24, 2.45) is 17.3 Å². The molecule has 2 aliphatic rings. The van der Waals surface area contributed by atoms with Crippen LogP contribution >= 0.6 is 15.9 Å². The Balaban J connectivity index is 1.94. The molecule has 2 rings (SSSR count). The molecule has 2 aliphatic carbocycles. The third-order valence-electron chi connectivity index (χ3n) is 4.38. The lowest BCUT2D eigenvalue weighted by Gasteiger charge is -2.28. The minimum atomic E-state index is -2.86. The zero-order valence-electron chi connectivity index (χ0n) is 10.1. The van der Waals surface area contributed by atoms with Gasteiger partial charge in [0.15, 0.2) is 9.84 Å². The van der Waals surface area contributed by atoms with Gasteiger partial charge in [-0.3, -0.25) is 0 Å². The van der Waals surface area contributed by atoms with E-state index in [1.807, 2.05) is 0 Å². The van der Waals surface area contributed by atoms with Crippen LogP contribution in [0.25, 0.3) is 0 Å². The molecule has 94 valence electrons. The summed E-state index contributed by atoms with van der Waals surface area (Å²) in [5, 5.41) is 0.747. The summed E-state index contributed by atoms with van der Waals surface area (Å²) in [6.45, 7) is 3.56. The molecule has 0 aromatic heterocycles. The molecule has 0 heterocycles. The largest absolute Gasteiger partial charge is 0.229 e. The van der Waals surface area contributed by atoms with Gasteiger partial charge in [0.05, 0.1) is 11.0 Å². The van der Waals surface area contributed by atoms with Crippen LogP contribution < -0.4 is 0 Å². The van der Waals surface area contributed by atoms with Crippen LogP contribution in [-0.4, -0.2) is 24.8 Å². The summed E-state index contributed by atoms with van der Waals surface area (Å²) in [7, 11) is -2.86. The van der Waals surface area contributed by atoms with E-state index in [1.54, 1.807) is 13.8 Å². The van der Waals surface area contributed by atoms with E-state index in [-0.39, 0.29) is 10.7 Å². The molecule has 0 saturated heterocycles. The van der Waals surface area contributed by atoms with Gasteiger partial charge in [0.2, 0.25) is 0 Å². The van der Waals surface area contributed by atoms with Crippen LogP contribution in [0.3, 0.4) is 0 Å². The van der Waals surface area contributed by atoms with Crippen molar-refractivity contribution in [2.75, 3.05) is 11.1 Å². The van der Waals surface area contributed by atoms with E-state index >= 15 is 0 Å². The summed E-state index contributed by atoms with van der Waals surface area (Å²) in [6, 6.07) is 0. The molecule has 2 saturated carbocycles. The van der Waals surface area contributed by atoms with Crippen LogP contribution in [-0.2, 0) is 9.84 Å². The molecular weight excluding hydrogens is 288 g/mol. The Morgan fingerprint density at radius 2 is 1.88 bits per heavy atom. The molecule has 0 spiro atoms. The maximum Gasteiger partial charge on any atom is 0.152 e. The molecule has 2 fully saturated rings. The van der Waals surface area contributed by atoms with E-state index in [9.17, 15) is 8.42 Å². The first-order valence-corrected chi connectivity index (χ1v) is 9.00. The van der Waals surface area contributed by atoms with Crippen LogP contribution in [0.2, 0.25) is 0 Å². The first-order valence-electron chi connectivity index (χ1n) is 6.16. The second kappa shape index (κ2) is 4.27. The fourth-order valence-electron chi connectivity index (χ4n) is 2.98. The Bertz CT molecular complexity index is 351. The molecule has 2 unspecified atom stereocenters. The van der Waals surface area contributed by atoms with Gasteiger partial charge in [-0.05, 0) is 56.8 Å². The van der Waals surface area contributed by atoms with Gasteiger partial charge in [0, 0.05) is 5.33 Å². The fourth-order valence-corrected chi connectivity index (χ4v) is 4.91. The lowest BCUT2D eigenvalue weighted by molar-refractivity contribution is 0.299. The predicted molar refractivity (Wildman–Crippen MR) is 70.6 cm³/mol. The van der Waals surface area contributed by atoms with Gasteiger partial charge in [0.25, 0.3) is 0 Å². The van der Waals surface area contributed by atoms with Gasteiger partial charge in [-0.2, -0.15) is 0 Å². The normalized spacial score (nSPS) is 37.8. The summed E-state index contributed by atoms with van der Waals surface area (Å²) >= 11 is 3.59. The average Bonchev–Trinajstić information content (AvgIpc) is 2.84. The van der Waals surface area contributed by atoms with E-state index in [1.165, 1.54) is 19.3 Å². The molecule has 16 heavy (non-hydrogen) atoms. The van der Waals surface area contributed by atoms with E-state index in [4.69, 9.17) is 0 Å². The second-order valence-electron chi connectivity index (χ2n) is 5.96. The highest BCUT2D eigenvalue weighted by Crippen LogP contribution is 2.61. The maximum absolute atomic E-state index is 11.8. The number of hydrogen-bond acceptors (Lipinski definition) is 2. The van der Waals surface area contributed by atoms with Crippen molar-refractivity contribution >= 4 is 25.8 Å². The number of rotatable bonds is 5. The van der Waals surface area contributed by atoms with E-state index in [0.717, 1.165) is 23.6 Å². The van der Waals surface area contributed by atoms with Gasteiger partial charge in [0.1, 0.15) is 0 Å². The van der Waals surface area contributed by atoms with Crippen molar-refractivity contribution in [3.05, 3.63) is 0 Å². The molecule has 0 radical (unpaired) electrons. The van der Waals surface area contributed by atoms with Crippen LogP contribution in [0, 0.1) is 17.3 Å². The van der Waals surface area contributed by atoms with Gasteiger partial charge >= 0.3 is 0 Å². The second-order valence-corrected chi connectivity index (χ2v) is 9.20. The highest BCUT2D eigenvalue weighted by atomic mass is 79.9. The predicted octanol–water partition coefficient (Wildman–Crippen LogP) is 3.01. The third-order valence-corrected chi connectivity index (χ3v) is 7.78. The number of sulfone groups is 1. The number of fused-ring (bicyclic) bond motifs is 1. The molecule has 0 aromatic carbocycles. The topological polar surface area (TPSA) is 34.1 Å². The Kier molecular flexibility index (Phi) is 3.44. The molecule has 0 amide bonds. The van der Waals surface area contributed by atoms with E-state index in [0.29, 0.717) is 5.75 Å². The Morgan fingerprint density at radius 1 is 1.31 bits per heavy atom. The SMILES string of the molecule is CC(C)S(=O)(=O)CCC1(CBr)CC2CC2C1. The zero-order valence-corrected chi connectivity index (χ0v) is 12.5. The lowest BCUT2D eigenvalue weighted by atomic mass is 9.83. The summed E-state index contributed by atoms with van der Waals surface area (Å²) < 4.78 is 23.6. The van der Waals surface area contributed by atoms with Gasteiger partial charge < -0.3 is 0 Å². The first kappa shape index (κ1) is 12.9. The number of halogens is 1. The number of hydrogen-bond donors (Lipinski definition) is 0. The Labute approximate surface area is 107 Å². The van der Waals surface area contributed by atoms with Crippen LogP contribution in [0.4, 0.5) is 0 Å². The van der Waals surface area contributed by atoms with Crippen LogP contribution in [0.1, 0.15) is 39.5 Å². The minimum Gasteiger partial charge on any atom is -0.229 e. The molecule has 0 aromatic rings. The molecule has 4 heteroatoms. The van der Waals surface area contributed by atoms with Gasteiger partial charge in [-0.25, -0.2) is 8.42 Å². The van der Waals surface area contributed by atoms with Crippen molar-refractivity contribution in [1.82, 2.24) is 0 Å². The van der Waals surface area contributed by atoms with Gasteiger partial charge in [-0.1, -0.05) is 15.9 Å². The summed E-state index contributed by atoms with van der Waals surface area (Å²) in [4.78, 5) is 0. The Hall–Kier alpha value is 0.430. The Morgan fingerprint density at radius 3 is 2.31 bits per heavy atom. The van der Waals surface area contributed by atoms with E-state index < -0.39 is 9.84 Å². The quantitative estimate of drug-likeness (QED) is 0.732. The van der Waals surface area contributed by atoms with Crippen LogP contribution in [0.5, 0.6) is 0 Å². The number of alkyl halides is 1. The molecule has 0 aliphatic heterocycles. The van der Waals surface area contributed by atoms with Crippen molar-refractivity contribution in [3.8, 4) is 0 Å². The summed E-state index contributed by atoms with van der Waals surface area (Å²) in [5.41, 5.74) is 0.287. The third kappa shape index (κ3) is 2.47.